The summed E-state index contributed by atoms with van der Waals surface area (Å²) in [5.74, 6) is 0.655. The molecule has 5 nitrogen and oxygen atoms in total. The Morgan fingerprint density at radius 1 is 1.68 bits per heavy atom. The molecule has 1 N–H and O–H groups in total. The molecule has 0 amide bonds. The second kappa shape index (κ2) is 6.56. The van der Waals surface area contributed by atoms with Crippen LogP contribution in [0.5, 0.6) is 0 Å². The molecule has 0 saturated heterocycles. The molecule has 8 heteroatoms. The van der Waals surface area contributed by atoms with Crippen LogP contribution in [-0.4, -0.2) is 18.4 Å². The smallest absolute Gasteiger partial charge is 0.209 e. The number of pyridine rings is 1. The average Bonchev–Trinajstić information content (AvgIpc) is 2.86. The minimum Gasteiger partial charge on any atom is -0.323 e. The van der Waals surface area contributed by atoms with Crippen LogP contribution < -0.4 is 5.32 Å². The van der Waals surface area contributed by atoms with Crippen molar-refractivity contribution >= 4 is 41.3 Å². The summed E-state index contributed by atoms with van der Waals surface area (Å²) in [6.45, 7) is 2.28. The molecular weight excluding hydrogens is 279 g/mol. The van der Waals surface area contributed by atoms with Crippen LogP contribution in [0.25, 0.3) is 0 Å². The minimum absolute atomic E-state index is 0.388. The molecule has 0 aliphatic rings. The number of aromatic nitrogens is 2. The minimum atomic E-state index is 0.388. The van der Waals surface area contributed by atoms with Gasteiger partial charge in [-0.2, -0.15) is 5.26 Å². The van der Waals surface area contributed by atoms with E-state index in [4.69, 9.17) is 10.8 Å². The number of nitriles is 1. The van der Waals surface area contributed by atoms with E-state index in [-0.39, 0.29) is 0 Å². The van der Waals surface area contributed by atoms with E-state index in [1.165, 1.54) is 17.5 Å². The average molecular weight is 291 g/mol. The maximum Gasteiger partial charge on any atom is 0.209 e. The van der Waals surface area contributed by atoms with Gasteiger partial charge in [0.1, 0.15) is 16.8 Å². The third kappa shape index (κ3) is 3.96. The van der Waals surface area contributed by atoms with Gasteiger partial charge in [-0.25, -0.2) is 9.97 Å². The van der Waals surface area contributed by atoms with Gasteiger partial charge < -0.3 is 9.50 Å². The van der Waals surface area contributed by atoms with E-state index in [9.17, 15) is 0 Å². The van der Waals surface area contributed by atoms with Gasteiger partial charge in [-0.3, -0.25) is 0 Å². The first-order valence-corrected chi connectivity index (χ1v) is 6.92. The van der Waals surface area contributed by atoms with Gasteiger partial charge in [0.2, 0.25) is 7.09 Å². The van der Waals surface area contributed by atoms with Crippen molar-refractivity contribution in [3.8, 4) is 6.07 Å². The second-order valence-corrected chi connectivity index (χ2v) is 5.09. The molecule has 0 fully saturated rings. The lowest BCUT2D eigenvalue weighted by Crippen LogP contribution is -1.97. The number of anilines is 2. The molecule has 0 atom stereocenters. The first-order chi connectivity index (χ1) is 9.71. The summed E-state index contributed by atoms with van der Waals surface area (Å²) in [4.78, 5) is 9.00. The molecule has 0 unspecified atom stereocenters. The summed E-state index contributed by atoms with van der Waals surface area (Å²) in [7, 11) is 1.13. The molecule has 19 heavy (non-hydrogen) atoms. The summed E-state index contributed by atoms with van der Waals surface area (Å²) in [5.41, 5.74) is 1.80. The number of nitrogens with one attached hydrogen (secondary N) is 1. The highest BCUT2D eigenvalue weighted by Crippen LogP contribution is 2.22. The quantitative estimate of drug-likeness (QED) is 0.501. The van der Waals surface area contributed by atoms with Crippen molar-refractivity contribution in [3.05, 3.63) is 34.5 Å². The number of hydrogen-bond acceptors (Lipinski definition) is 7. The number of aryl methyl sites for hydroxylation is 1. The Bertz CT molecular complexity index is 631. The molecule has 0 saturated carbocycles. The van der Waals surface area contributed by atoms with Crippen LogP contribution in [0.2, 0.25) is 0 Å². The number of rotatable bonds is 6. The van der Waals surface area contributed by atoms with Gasteiger partial charge in [0, 0.05) is 5.69 Å². The SMILES string of the molecule is [3H][B]SOCc1cc(C)nc(Nc2ncc(C#N)s2)c1. The lowest BCUT2D eigenvalue weighted by molar-refractivity contribution is 0.369. The fourth-order valence-electron chi connectivity index (χ4n) is 1.48. The topological polar surface area (TPSA) is 70.8 Å². The normalized spacial score (nSPS) is 10.6. The maximum atomic E-state index is 8.77. The molecule has 2 rings (SSSR count). The highest BCUT2D eigenvalue weighted by atomic mass is 32.2. The van der Waals surface area contributed by atoms with E-state index in [0.29, 0.717) is 22.4 Å². The van der Waals surface area contributed by atoms with Crippen LogP contribution in [0.15, 0.2) is 18.3 Å². The standard InChI is InChI=1S/C11H10BN4OS2/c1-7-2-8(6-17-19-12)3-10(15-7)16-11-14-5-9(4-13)18-11/h2-3,5,12H,6H2,1H3,(H,14,15,16)/i12T. The fraction of sp³-hybridized carbons (Fsp3) is 0.182. The predicted molar refractivity (Wildman–Crippen MR) is 78.6 cm³/mol. The third-order valence-corrected chi connectivity index (χ3v) is 3.23. The van der Waals surface area contributed by atoms with E-state index >= 15 is 0 Å². The van der Waals surface area contributed by atoms with Crippen LogP contribution in [0.1, 0.15) is 16.1 Å². The van der Waals surface area contributed by atoms with Crippen molar-refractivity contribution in [1.82, 2.24) is 9.97 Å². The summed E-state index contributed by atoms with van der Waals surface area (Å²) >= 11 is 2.25. The van der Waals surface area contributed by atoms with Crippen LogP contribution in [0, 0.1) is 18.3 Å². The zero-order chi connectivity index (χ0) is 14.4. The Balaban J connectivity index is 2.09. The molecule has 0 aliphatic carbocycles. The Kier molecular flexibility index (Phi) is 4.31. The maximum absolute atomic E-state index is 8.77. The van der Waals surface area contributed by atoms with E-state index in [2.05, 4.69) is 15.3 Å². The zero-order valence-corrected chi connectivity index (χ0v) is 11.7. The van der Waals surface area contributed by atoms with Gasteiger partial charge in [0.25, 0.3) is 0 Å². The highest BCUT2D eigenvalue weighted by Gasteiger charge is 2.05. The fourth-order valence-corrected chi connectivity index (χ4v) is 2.31. The molecule has 95 valence electrons. The summed E-state index contributed by atoms with van der Waals surface area (Å²) < 4.78 is 12.1. The monoisotopic (exact) mass is 291 g/mol. The number of nitrogens with zero attached hydrogens (tertiary/aromatic N) is 3. The number of thiazole rings is 1. The molecule has 0 aliphatic heterocycles. The highest BCUT2D eigenvalue weighted by molar-refractivity contribution is 8.15. The van der Waals surface area contributed by atoms with Crippen LogP contribution in [-0.2, 0) is 10.8 Å². The summed E-state index contributed by atoms with van der Waals surface area (Å²) in [6, 6.07) is 5.81. The molecule has 1 radical (unpaired) electrons. The van der Waals surface area contributed by atoms with Gasteiger partial charge in [-0.15, -0.1) is 0 Å². The van der Waals surface area contributed by atoms with Crippen molar-refractivity contribution in [1.29, 1.82) is 6.60 Å². The van der Waals surface area contributed by atoms with Gasteiger partial charge in [0.05, 0.1) is 12.8 Å². The molecule has 2 aromatic rings. The molecule has 0 bridgehead atoms. The van der Waals surface area contributed by atoms with Crippen LogP contribution in [0.3, 0.4) is 0 Å². The first-order valence-electron chi connectivity index (χ1n) is 5.88. The van der Waals surface area contributed by atoms with E-state index < -0.39 is 0 Å². The first kappa shape index (κ1) is 12.5. The van der Waals surface area contributed by atoms with E-state index in [1.54, 1.807) is 0 Å². The summed E-state index contributed by atoms with van der Waals surface area (Å²) in [6.07, 6.45) is 1.52. The number of hydrogen-bond donors (Lipinski definition) is 1. The Hall–Kier alpha value is -1.56. The predicted octanol–water partition coefficient (Wildman–Crippen LogP) is 2.44. The van der Waals surface area contributed by atoms with Crippen LogP contribution >= 0.6 is 23.2 Å². The van der Waals surface area contributed by atoms with Gasteiger partial charge in [-0.1, -0.05) is 23.2 Å². The van der Waals surface area contributed by atoms with Crippen molar-refractivity contribution in [2.45, 2.75) is 13.5 Å². The van der Waals surface area contributed by atoms with Crippen molar-refractivity contribution < 1.29 is 4.18 Å². The van der Waals surface area contributed by atoms with Gasteiger partial charge >= 0.3 is 0 Å². The Morgan fingerprint density at radius 2 is 2.58 bits per heavy atom. The van der Waals surface area contributed by atoms with Gasteiger partial charge in [0.15, 0.2) is 5.13 Å². The Labute approximate surface area is 121 Å². The van der Waals surface area contributed by atoms with Gasteiger partial charge in [-0.05, 0) is 26.0 Å². The molecule has 2 aromatic heterocycles. The largest absolute Gasteiger partial charge is 0.323 e. The second-order valence-electron chi connectivity index (χ2n) is 3.63. The lowest BCUT2D eigenvalue weighted by atomic mass is 10.2. The molecular formula is C11H10BN4OS2. The van der Waals surface area contributed by atoms with E-state index in [1.807, 2.05) is 25.1 Å². The molecule has 2 heterocycles. The Morgan fingerprint density at radius 3 is 3.32 bits per heavy atom. The third-order valence-electron chi connectivity index (χ3n) is 2.16. The summed E-state index contributed by atoms with van der Waals surface area (Å²) in [5, 5.41) is 12.5. The molecule has 0 aromatic carbocycles. The van der Waals surface area contributed by atoms with Crippen molar-refractivity contribution in [2.24, 2.45) is 0 Å². The van der Waals surface area contributed by atoms with Crippen molar-refractivity contribution in [2.75, 3.05) is 5.32 Å². The van der Waals surface area contributed by atoms with Crippen LogP contribution in [0.4, 0.5) is 10.9 Å². The zero-order valence-electron chi connectivity index (χ0n) is 11.1. The van der Waals surface area contributed by atoms with E-state index in [0.717, 1.165) is 30.2 Å². The van der Waals surface area contributed by atoms with Crippen molar-refractivity contribution in [3.63, 3.8) is 0 Å². The molecule has 0 spiro atoms. The lowest BCUT2D eigenvalue weighted by Gasteiger charge is -2.07.